The number of nitrogens with zero attached hydrogens (tertiary/aromatic N) is 2. The number of fused-ring (bicyclic) bond motifs is 1. The number of hydrogen-bond acceptors (Lipinski definition) is 9. The zero-order valence-corrected chi connectivity index (χ0v) is 25.5. The minimum Gasteiger partial charge on any atom is -0.462 e. The van der Waals surface area contributed by atoms with E-state index in [1.165, 1.54) is 110 Å². The quantitative estimate of drug-likeness (QED) is 0.0697. The zero-order chi connectivity index (χ0) is 26.7. The third-order valence-corrected chi connectivity index (χ3v) is 10.7. The maximum Gasteiger partial charge on any atom is 0.339 e. The lowest BCUT2D eigenvalue weighted by atomic mass is 10.1. The number of hydrogen-bond donors (Lipinski definition) is 0. The highest BCUT2D eigenvalue weighted by Gasteiger charge is 2.22. The summed E-state index contributed by atoms with van der Waals surface area (Å²) in [7, 11) is 0. The SMILES string of the molecule is CCCCCCCCCCCCCCOC(=O)c1ccsc1-c1nc2sc(-c3sccc3C(C)=O)nc2s1. The summed E-state index contributed by atoms with van der Waals surface area (Å²) in [5.41, 5.74) is 1.28. The minimum absolute atomic E-state index is 0.0405. The van der Waals surface area contributed by atoms with E-state index < -0.39 is 0 Å². The highest BCUT2D eigenvalue weighted by atomic mass is 32.1. The van der Waals surface area contributed by atoms with Gasteiger partial charge in [-0.2, -0.15) is 0 Å². The normalized spacial score (nSPS) is 11.4. The largest absolute Gasteiger partial charge is 0.462 e. The van der Waals surface area contributed by atoms with E-state index in [0.29, 0.717) is 17.7 Å². The molecular formula is C29H36N2O3S4. The number of carbonyl (C=O) groups is 2. The van der Waals surface area contributed by atoms with Gasteiger partial charge in [-0.25, -0.2) is 14.8 Å². The van der Waals surface area contributed by atoms with Crippen LogP contribution in [0.2, 0.25) is 0 Å². The standard InChI is InChI=1S/C29H36N2O3S4/c1-3-4-5-6-7-8-9-10-11-12-13-14-17-34-29(33)22-16-19-36-24(22)26-31-28-27(38-26)30-25(37-28)23-21(20(2)32)15-18-35-23/h15-16,18-19H,3-14,17H2,1-2H3. The summed E-state index contributed by atoms with van der Waals surface area (Å²) in [6.45, 7) is 4.30. The van der Waals surface area contributed by atoms with Crippen LogP contribution in [0.5, 0.6) is 0 Å². The molecular weight excluding hydrogens is 553 g/mol. The van der Waals surface area contributed by atoms with Crippen molar-refractivity contribution in [3.05, 3.63) is 34.0 Å². The third kappa shape index (κ3) is 7.81. The van der Waals surface area contributed by atoms with Crippen molar-refractivity contribution < 1.29 is 14.3 Å². The molecule has 0 bridgehead atoms. The Hall–Kier alpha value is -1.94. The summed E-state index contributed by atoms with van der Waals surface area (Å²) in [6.07, 6.45) is 15.4. The summed E-state index contributed by atoms with van der Waals surface area (Å²) >= 11 is 5.99. The molecule has 204 valence electrons. The van der Waals surface area contributed by atoms with Crippen molar-refractivity contribution in [2.24, 2.45) is 0 Å². The fourth-order valence-corrected chi connectivity index (χ4v) is 8.49. The van der Waals surface area contributed by atoms with Gasteiger partial charge in [0.25, 0.3) is 0 Å². The molecule has 4 rings (SSSR count). The van der Waals surface area contributed by atoms with Gasteiger partial charge in [-0.15, -0.1) is 22.7 Å². The molecule has 0 N–H and O–H groups in total. The number of carbonyl (C=O) groups excluding carboxylic acids is 2. The average molecular weight is 589 g/mol. The van der Waals surface area contributed by atoms with Gasteiger partial charge in [0, 0.05) is 5.56 Å². The van der Waals surface area contributed by atoms with Crippen molar-refractivity contribution in [1.29, 1.82) is 0 Å². The highest BCUT2D eigenvalue weighted by molar-refractivity contribution is 7.31. The predicted molar refractivity (Wildman–Crippen MR) is 163 cm³/mol. The van der Waals surface area contributed by atoms with Crippen molar-refractivity contribution in [2.75, 3.05) is 6.61 Å². The first-order valence-electron chi connectivity index (χ1n) is 13.7. The summed E-state index contributed by atoms with van der Waals surface area (Å²) in [5.74, 6) is -0.236. The van der Waals surface area contributed by atoms with Crippen LogP contribution < -0.4 is 0 Å². The molecule has 0 atom stereocenters. The van der Waals surface area contributed by atoms with Crippen LogP contribution in [-0.4, -0.2) is 28.3 Å². The average Bonchev–Trinajstić information content (AvgIpc) is 3.68. The van der Waals surface area contributed by atoms with Crippen molar-refractivity contribution in [3.8, 4) is 19.8 Å². The number of unbranched alkanes of at least 4 members (excludes halogenated alkanes) is 11. The van der Waals surface area contributed by atoms with Crippen molar-refractivity contribution in [3.63, 3.8) is 0 Å². The van der Waals surface area contributed by atoms with Crippen molar-refractivity contribution in [2.45, 2.75) is 90.9 Å². The number of ketones is 1. The Morgan fingerprint density at radius 1 is 0.711 bits per heavy atom. The van der Waals surface area contributed by atoms with E-state index in [1.807, 2.05) is 22.9 Å². The Kier molecular flexibility index (Phi) is 11.5. The van der Waals surface area contributed by atoms with E-state index in [9.17, 15) is 9.59 Å². The molecule has 9 heteroatoms. The third-order valence-electron chi connectivity index (χ3n) is 6.53. The maximum absolute atomic E-state index is 12.8. The number of ether oxygens (including phenoxy) is 1. The van der Waals surface area contributed by atoms with E-state index in [4.69, 9.17) is 14.7 Å². The van der Waals surface area contributed by atoms with Crippen LogP contribution in [0.4, 0.5) is 0 Å². The van der Waals surface area contributed by atoms with Gasteiger partial charge in [0.1, 0.15) is 10.0 Å². The van der Waals surface area contributed by atoms with Crippen LogP contribution in [0.1, 0.15) is 112 Å². The molecule has 0 unspecified atom stereocenters. The Labute approximate surface area is 241 Å². The fraction of sp³-hybridized carbons (Fsp3) is 0.517. The van der Waals surface area contributed by atoms with E-state index >= 15 is 0 Å². The highest BCUT2D eigenvalue weighted by Crippen LogP contribution is 2.41. The molecule has 0 amide bonds. The van der Waals surface area contributed by atoms with Gasteiger partial charge in [0.2, 0.25) is 0 Å². The van der Waals surface area contributed by atoms with E-state index in [2.05, 4.69) is 6.92 Å². The van der Waals surface area contributed by atoms with Gasteiger partial charge in [0.15, 0.2) is 15.4 Å². The second-order valence-electron chi connectivity index (χ2n) is 9.56. The Morgan fingerprint density at radius 3 is 1.71 bits per heavy atom. The fourth-order valence-electron chi connectivity index (χ4n) is 4.41. The molecule has 0 aliphatic rings. The first kappa shape index (κ1) is 29.1. The summed E-state index contributed by atoms with van der Waals surface area (Å²) in [4.78, 5) is 37.6. The van der Waals surface area contributed by atoms with Gasteiger partial charge in [0.05, 0.1) is 21.9 Å². The molecule has 4 aromatic heterocycles. The number of esters is 1. The Balaban J connectivity index is 1.20. The number of aromatic nitrogens is 2. The van der Waals surface area contributed by atoms with Gasteiger partial charge in [-0.1, -0.05) is 100 Å². The lowest BCUT2D eigenvalue weighted by Crippen LogP contribution is -2.06. The minimum atomic E-state index is -0.277. The lowest BCUT2D eigenvalue weighted by Gasteiger charge is -2.05. The predicted octanol–water partition coefficient (Wildman–Crippen LogP) is 10.3. The van der Waals surface area contributed by atoms with Crippen LogP contribution in [0.15, 0.2) is 22.9 Å². The smallest absolute Gasteiger partial charge is 0.339 e. The number of thiazole rings is 2. The molecule has 5 nitrogen and oxygen atoms in total. The molecule has 0 fully saturated rings. The summed E-state index contributed by atoms with van der Waals surface area (Å²) in [6, 6.07) is 3.67. The van der Waals surface area contributed by atoms with Gasteiger partial charge in [-0.3, -0.25) is 4.79 Å². The van der Waals surface area contributed by atoms with Crippen molar-refractivity contribution in [1.82, 2.24) is 9.97 Å². The molecule has 0 saturated carbocycles. The van der Waals surface area contributed by atoms with Crippen LogP contribution in [0.25, 0.3) is 29.4 Å². The molecule has 0 aliphatic heterocycles. The zero-order valence-electron chi connectivity index (χ0n) is 22.3. The van der Waals surface area contributed by atoms with Crippen LogP contribution in [0, 0.1) is 0 Å². The van der Waals surface area contributed by atoms with Crippen LogP contribution in [-0.2, 0) is 4.74 Å². The number of Topliss-reactive ketones (excluding diaryl/α,β-unsaturated/α-hetero) is 1. The molecule has 38 heavy (non-hydrogen) atoms. The molecule has 4 heterocycles. The first-order chi connectivity index (χ1) is 18.6. The van der Waals surface area contributed by atoms with Gasteiger partial charge in [-0.05, 0) is 36.2 Å². The summed E-state index contributed by atoms with van der Waals surface area (Å²) < 4.78 is 5.60. The van der Waals surface area contributed by atoms with Gasteiger partial charge < -0.3 is 4.74 Å². The first-order valence-corrected chi connectivity index (χ1v) is 17.1. The van der Waals surface area contributed by atoms with E-state index in [0.717, 1.165) is 42.3 Å². The van der Waals surface area contributed by atoms with Crippen LogP contribution >= 0.6 is 45.3 Å². The molecule has 0 aromatic carbocycles. The summed E-state index contributed by atoms with van der Waals surface area (Å²) in [5, 5.41) is 5.44. The molecule has 0 radical (unpaired) electrons. The van der Waals surface area contributed by atoms with Crippen LogP contribution in [0.3, 0.4) is 0 Å². The second kappa shape index (κ2) is 15.0. The molecule has 0 aliphatic carbocycles. The van der Waals surface area contributed by atoms with Gasteiger partial charge >= 0.3 is 5.97 Å². The maximum atomic E-state index is 12.8. The molecule has 0 spiro atoms. The molecule has 0 saturated heterocycles. The van der Waals surface area contributed by atoms with Crippen molar-refractivity contribution >= 4 is 66.8 Å². The second-order valence-corrected chi connectivity index (χ2v) is 13.3. The number of rotatable bonds is 17. The Bertz CT molecular complexity index is 1280. The monoisotopic (exact) mass is 588 g/mol. The Morgan fingerprint density at radius 2 is 1.18 bits per heavy atom. The van der Waals surface area contributed by atoms with E-state index in [-0.39, 0.29) is 11.8 Å². The molecule has 4 aromatic rings. The topological polar surface area (TPSA) is 69.2 Å². The number of thiophene rings is 2. The lowest BCUT2D eigenvalue weighted by molar-refractivity contribution is 0.0499. The van der Waals surface area contributed by atoms with E-state index in [1.54, 1.807) is 6.92 Å².